The van der Waals surface area contributed by atoms with Crippen molar-refractivity contribution in [2.45, 2.75) is 27.3 Å². The molecule has 0 saturated carbocycles. The maximum atomic E-state index is 5.69. The lowest BCUT2D eigenvalue weighted by Gasteiger charge is -2.10. The zero-order chi connectivity index (χ0) is 13.3. The maximum Gasteiger partial charge on any atom is 0.191 e. The molecule has 4 nitrogen and oxygen atoms in total. The molecule has 0 atom stereocenters. The number of hydrogen-bond donors (Lipinski definition) is 1. The average Bonchev–Trinajstić information content (AvgIpc) is 2.73. The predicted molar refractivity (Wildman–Crippen MR) is 70.6 cm³/mol. The summed E-state index contributed by atoms with van der Waals surface area (Å²) in [6, 6.07) is 4.07. The number of methoxy groups -OCH3 is 1. The Hall–Kier alpha value is -1.81. The normalized spacial score (nSPS) is 10.7. The first-order chi connectivity index (χ1) is 8.56. The first-order valence-corrected chi connectivity index (χ1v) is 5.88. The van der Waals surface area contributed by atoms with Crippen LogP contribution in [-0.2, 0) is 6.54 Å². The largest absolute Gasteiger partial charge is 0.496 e. The van der Waals surface area contributed by atoms with E-state index < -0.39 is 0 Å². The van der Waals surface area contributed by atoms with Gasteiger partial charge in [0.2, 0.25) is 0 Å². The van der Waals surface area contributed by atoms with Crippen molar-refractivity contribution in [3.8, 4) is 17.0 Å². The van der Waals surface area contributed by atoms with Crippen molar-refractivity contribution in [2.75, 3.05) is 7.11 Å². The third-order valence-electron chi connectivity index (χ3n) is 3.06. The molecule has 96 valence electrons. The first-order valence-electron chi connectivity index (χ1n) is 5.88. The molecule has 0 aliphatic carbocycles. The number of aromatic nitrogens is 1. The van der Waals surface area contributed by atoms with E-state index in [4.69, 9.17) is 14.9 Å². The number of ether oxygens (including phenoxy) is 1. The number of rotatable bonds is 3. The molecule has 0 bridgehead atoms. The zero-order valence-electron chi connectivity index (χ0n) is 11.2. The Labute approximate surface area is 107 Å². The summed E-state index contributed by atoms with van der Waals surface area (Å²) >= 11 is 0. The van der Waals surface area contributed by atoms with Gasteiger partial charge in [0, 0.05) is 12.5 Å². The molecule has 2 N–H and O–H groups in total. The van der Waals surface area contributed by atoms with Crippen LogP contribution in [0.15, 0.2) is 16.5 Å². The average molecular weight is 246 g/mol. The quantitative estimate of drug-likeness (QED) is 0.904. The molecule has 2 rings (SSSR count). The van der Waals surface area contributed by atoms with Crippen LogP contribution in [0.1, 0.15) is 22.8 Å². The van der Waals surface area contributed by atoms with Gasteiger partial charge >= 0.3 is 0 Å². The summed E-state index contributed by atoms with van der Waals surface area (Å²) in [7, 11) is 1.66. The highest BCUT2D eigenvalue weighted by Gasteiger charge is 2.16. The van der Waals surface area contributed by atoms with E-state index in [-0.39, 0.29) is 0 Å². The fourth-order valence-corrected chi connectivity index (χ4v) is 1.96. The summed E-state index contributed by atoms with van der Waals surface area (Å²) in [6.45, 7) is 6.26. The summed E-state index contributed by atoms with van der Waals surface area (Å²) in [6.07, 6.45) is 0. The van der Waals surface area contributed by atoms with Gasteiger partial charge in [-0.05, 0) is 37.1 Å². The molecule has 1 aromatic carbocycles. The number of benzene rings is 1. The SMILES string of the molecule is COc1cc(C)c(C)cc1-c1nc(C)oc1CN. The van der Waals surface area contributed by atoms with Gasteiger partial charge in [-0.1, -0.05) is 0 Å². The van der Waals surface area contributed by atoms with Crippen LogP contribution >= 0.6 is 0 Å². The van der Waals surface area contributed by atoms with E-state index >= 15 is 0 Å². The van der Waals surface area contributed by atoms with Gasteiger partial charge in [-0.3, -0.25) is 0 Å². The van der Waals surface area contributed by atoms with Crippen molar-refractivity contribution in [3.05, 3.63) is 34.9 Å². The van der Waals surface area contributed by atoms with E-state index in [1.807, 2.05) is 13.0 Å². The van der Waals surface area contributed by atoms with Crippen molar-refractivity contribution in [2.24, 2.45) is 5.73 Å². The minimum atomic E-state index is 0.326. The molecule has 0 aliphatic heterocycles. The van der Waals surface area contributed by atoms with Gasteiger partial charge in [-0.25, -0.2) is 4.98 Å². The van der Waals surface area contributed by atoms with Crippen LogP contribution in [0.3, 0.4) is 0 Å². The van der Waals surface area contributed by atoms with Gasteiger partial charge < -0.3 is 14.9 Å². The summed E-state index contributed by atoms with van der Waals surface area (Å²) in [5.41, 5.74) is 9.76. The first kappa shape index (κ1) is 12.6. The maximum absolute atomic E-state index is 5.69. The second-order valence-corrected chi connectivity index (χ2v) is 4.35. The summed E-state index contributed by atoms with van der Waals surface area (Å²) in [5.74, 6) is 2.10. The van der Waals surface area contributed by atoms with Gasteiger partial charge in [-0.15, -0.1) is 0 Å². The van der Waals surface area contributed by atoms with Crippen LogP contribution in [-0.4, -0.2) is 12.1 Å². The summed E-state index contributed by atoms with van der Waals surface area (Å²) < 4.78 is 10.9. The third kappa shape index (κ3) is 2.11. The smallest absolute Gasteiger partial charge is 0.191 e. The Morgan fingerprint density at radius 1 is 1.22 bits per heavy atom. The van der Waals surface area contributed by atoms with Crippen LogP contribution in [0.2, 0.25) is 0 Å². The molecule has 18 heavy (non-hydrogen) atoms. The standard InChI is InChI=1S/C14H18N2O2/c1-8-5-11(12(17-4)6-9(8)2)14-13(7-15)18-10(3)16-14/h5-6H,7,15H2,1-4H3. The summed E-state index contributed by atoms with van der Waals surface area (Å²) in [5, 5.41) is 0. The minimum absolute atomic E-state index is 0.326. The lowest BCUT2D eigenvalue weighted by Crippen LogP contribution is -1.98. The highest BCUT2D eigenvalue weighted by atomic mass is 16.5. The van der Waals surface area contributed by atoms with E-state index in [0.717, 1.165) is 17.0 Å². The Balaban J connectivity index is 2.65. The van der Waals surface area contributed by atoms with E-state index in [1.54, 1.807) is 7.11 Å². The van der Waals surface area contributed by atoms with Gasteiger partial charge in [0.25, 0.3) is 0 Å². The van der Waals surface area contributed by atoms with Crippen LogP contribution in [0, 0.1) is 20.8 Å². The predicted octanol–water partition coefficient (Wildman–Crippen LogP) is 2.73. The number of hydrogen-bond acceptors (Lipinski definition) is 4. The van der Waals surface area contributed by atoms with Crippen molar-refractivity contribution in [1.82, 2.24) is 4.98 Å². The van der Waals surface area contributed by atoms with Crippen molar-refractivity contribution in [3.63, 3.8) is 0 Å². The van der Waals surface area contributed by atoms with Crippen molar-refractivity contribution in [1.29, 1.82) is 0 Å². The Bertz CT molecular complexity index is 573. The fourth-order valence-electron chi connectivity index (χ4n) is 1.96. The van der Waals surface area contributed by atoms with Gasteiger partial charge in [0.15, 0.2) is 5.89 Å². The Morgan fingerprint density at radius 2 is 1.89 bits per heavy atom. The molecule has 0 fully saturated rings. The third-order valence-corrected chi connectivity index (χ3v) is 3.06. The monoisotopic (exact) mass is 246 g/mol. The highest BCUT2D eigenvalue weighted by Crippen LogP contribution is 2.34. The van der Waals surface area contributed by atoms with Crippen LogP contribution in [0.5, 0.6) is 5.75 Å². The fraction of sp³-hybridized carbons (Fsp3) is 0.357. The Kier molecular flexibility index (Phi) is 3.39. The molecule has 4 heteroatoms. The highest BCUT2D eigenvalue weighted by molar-refractivity contribution is 5.70. The number of nitrogens with zero attached hydrogens (tertiary/aromatic N) is 1. The molecule has 0 radical (unpaired) electrons. The van der Waals surface area contributed by atoms with Crippen LogP contribution < -0.4 is 10.5 Å². The molecule has 2 aromatic rings. The lowest BCUT2D eigenvalue weighted by molar-refractivity contribution is 0.415. The second-order valence-electron chi connectivity index (χ2n) is 4.35. The molecule has 0 amide bonds. The molecule has 0 saturated heterocycles. The van der Waals surface area contributed by atoms with Crippen LogP contribution in [0.25, 0.3) is 11.3 Å². The number of nitrogens with two attached hydrogens (primary N) is 1. The lowest BCUT2D eigenvalue weighted by atomic mass is 10.0. The van der Waals surface area contributed by atoms with Crippen LogP contribution in [0.4, 0.5) is 0 Å². The number of oxazole rings is 1. The molecule has 1 heterocycles. The molecule has 1 aromatic heterocycles. The molecule has 0 unspecified atom stereocenters. The molecule has 0 aliphatic rings. The zero-order valence-corrected chi connectivity index (χ0v) is 11.2. The molecular formula is C14H18N2O2. The van der Waals surface area contributed by atoms with E-state index in [1.165, 1.54) is 11.1 Å². The van der Waals surface area contributed by atoms with E-state index in [9.17, 15) is 0 Å². The molecule has 0 spiro atoms. The van der Waals surface area contributed by atoms with Gasteiger partial charge in [0.1, 0.15) is 17.2 Å². The van der Waals surface area contributed by atoms with Crippen molar-refractivity contribution < 1.29 is 9.15 Å². The van der Waals surface area contributed by atoms with Gasteiger partial charge in [-0.2, -0.15) is 0 Å². The number of aryl methyl sites for hydroxylation is 3. The summed E-state index contributed by atoms with van der Waals surface area (Å²) in [4.78, 5) is 4.40. The second kappa shape index (κ2) is 4.82. The minimum Gasteiger partial charge on any atom is -0.496 e. The van der Waals surface area contributed by atoms with E-state index in [2.05, 4.69) is 24.9 Å². The molecular weight excluding hydrogens is 228 g/mol. The Morgan fingerprint density at radius 3 is 2.50 bits per heavy atom. The van der Waals surface area contributed by atoms with E-state index in [0.29, 0.717) is 18.2 Å². The van der Waals surface area contributed by atoms with Crippen molar-refractivity contribution >= 4 is 0 Å². The topological polar surface area (TPSA) is 61.3 Å². The van der Waals surface area contributed by atoms with Gasteiger partial charge in [0.05, 0.1) is 13.7 Å².